The van der Waals surface area contributed by atoms with E-state index in [0.717, 1.165) is 12.8 Å². The average molecular weight is 242 g/mol. The van der Waals surface area contributed by atoms with E-state index >= 15 is 0 Å². The number of hydrogen-bond acceptors (Lipinski definition) is 4. The number of hydrogen-bond donors (Lipinski definition) is 0. The molecule has 0 spiro atoms. The molecule has 0 heterocycles. The molecule has 0 aromatic heterocycles. The smallest absolute Gasteiger partial charge is 0.324 e. The first-order valence-electron chi connectivity index (χ1n) is 5.98. The molecule has 0 bridgehead atoms. The fourth-order valence-corrected chi connectivity index (χ4v) is 1.27. The largest absolute Gasteiger partial charge is 0.465 e. The maximum absolute atomic E-state index is 11.5. The maximum Gasteiger partial charge on any atom is 0.324 e. The molecule has 17 heavy (non-hydrogen) atoms. The van der Waals surface area contributed by atoms with E-state index in [-0.39, 0.29) is 6.61 Å². The van der Waals surface area contributed by atoms with Gasteiger partial charge >= 0.3 is 11.9 Å². The summed E-state index contributed by atoms with van der Waals surface area (Å²) in [5.41, 5.74) is 0. The van der Waals surface area contributed by atoms with Gasteiger partial charge in [0.05, 0.1) is 13.2 Å². The Morgan fingerprint density at radius 1 is 1.24 bits per heavy atom. The van der Waals surface area contributed by atoms with Gasteiger partial charge < -0.3 is 9.47 Å². The van der Waals surface area contributed by atoms with Crippen LogP contribution in [0.4, 0.5) is 0 Å². The van der Waals surface area contributed by atoms with E-state index in [1.165, 1.54) is 6.08 Å². The summed E-state index contributed by atoms with van der Waals surface area (Å²) in [6.07, 6.45) is 3.05. The second-order valence-corrected chi connectivity index (χ2v) is 4.17. The molecule has 0 radical (unpaired) electrons. The second kappa shape index (κ2) is 8.79. The van der Waals surface area contributed by atoms with E-state index in [2.05, 4.69) is 20.4 Å². The van der Waals surface area contributed by atoms with Gasteiger partial charge in [-0.15, -0.1) is 6.58 Å². The number of ether oxygens (including phenoxy) is 2. The summed E-state index contributed by atoms with van der Waals surface area (Å²) in [5, 5.41) is 0. The molecule has 0 rings (SSSR count). The van der Waals surface area contributed by atoms with Crippen molar-refractivity contribution in [2.45, 2.75) is 33.6 Å². The van der Waals surface area contributed by atoms with Gasteiger partial charge in [0, 0.05) is 0 Å². The highest BCUT2D eigenvalue weighted by Gasteiger charge is 2.26. The molecule has 0 aromatic carbocycles. The molecule has 0 fully saturated rings. The fraction of sp³-hybridized carbons (Fsp3) is 0.692. The Bertz CT molecular complexity index is 258. The zero-order valence-corrected chi connectivity index (χ0v) is 10.9. The monoisotopic (exact) mass is 242 g/mol. The summed E-state index contributed by atoms with van der Waals surface area (Å²) >= 11 is 0. The first kappa shape index (κ1) is 15.7. The van der Waals surface area contributed by atoms with Crippen molar-refractivity contribution < 1.29 is 19.1 Å². The number of carbonyl (C=O) groups is 2. The van der Waals surface area contributed by atoms with Gasteiger partial charge in [0.1, 0.15) is 0 Å². The van der Waals surface area contributed by atoms with Crippen LogP contribution >= 0.6 is 0 Å². The fourth-order valence-electron chi connectivity index (χ4n) is 1.27. The maximum atomic E-state index is 11.5. The lowest BCUT2D eigenvalue weighted by atomic mass is 10.1. The minimum absolute atomic E-state index is 0.240. The Balaban J connectivity index is 4.00. The molecule has 0 aliphatic carbocycles. The quantitative estimate of drug-likeness (QED) is 0.284. The molecule has 0 saturated carbocycles. The summed E-state index contributed by atoms with van der Waals surface area (Å²) in [6.45, 7) is 9.91. The van der Waals surface area contributed by atoms with E-state index in [0.29, 0.717) is 12.5 Å². The normalized spacial score (nSPS) is 12.0. The Labute approximate surface area is 103 Å². The van der Waals surface area contributed by atoms with Crippen molar-refractivity contribution in [3.63, 3.8) is 0 Å². The molecule has 1 atom stereocenters. The molecule has 98 valence electrons. The van der Waals surface area contributed by atoms with Crippen molar-refractivity contribution in [1.82, 2.24) is 0 Å². The lowest BCUT2D eigenvalue weighted by molar-refractivity contribution is -0.159. The molecule has 1 unspecified atom stereocenters. The average Bonchev–Trinajstić information content (AvgIpc) is 2.25. The third-order valence-electron chi connectivity index (χ3n) is 2.20. The molecule has 0 N–H and O–H groups in total. The van der Waals surface area contributed by atoms with Crippen molar-refractivity contribution in [3.05, 3.63) is 12.7 Å². The minimum atomic E-state index is -1.01. The molecule has 0 aliphatic heterocycles. The zero-order valence-electron chi connectivity index (χ0n) is 10.9. The van der Waals surface area contributed by atoms with Crippen molar-refractivity contribution in [3.8, 4) is 0 Å². The van der Waals surface area contributed by atoms with Crippen LogP contribution in [-0.2, 0) is 19.1 Å². The molecule has 0 aromatic rings. The van der Waals surface area contributed by atoms with Gasteiger partial charge in [0.2, 0.25) is 0 Å². The van der Waals surface area contributed by atoms with Crippen LogP contribution in [-0.4, -0.2) is 25.2 Å². The standard InChI is InChI=1S/C13H22O4/c1-5-11(12(14)16-6-2)13(15)17-9-7-8-10(3)4/h5,10-11H,1,6-9H2,2-4H3. The second-order valence-electron chi connectivity index (χ2n) is 4.17. The van der Waals surface area contributed by atoms with Gasteiger partial charge in [-0.3, -0.25) is 9.59 Å². The predicted molar refractivity (Wildman–Crippen MR) is 65.4 cm³/mol. The van der Waals surface area contributed by atoms with Crippen LogP contribution in [0, 0.1) is 11.8 Å². The molecule has 0 aliphatic rings. The molecule has 0 amide bonds. The Morgan fingerprint density at radius 2 is 1.82 bits per heavy atom. The van der Waals surface area contributed by atoms with Crippen LogP contribution in [0.1, 0.15) is 33.6 Å². The highest BCUT2D eigenvalue weighted by atomic mass is 16.6. The van der Waals surface area contributed by atoms with Gasteiger partial charge in [0.25, 0.3) is 0 Å². The third-order valence-corrected chi connectivity index (χ3v) is 2.20. The number of esters is 2. The summed E-state index contributed by atoms with van der Waals surface area (Å²) in [5.74, 6) is -1.61. The van der Waals surface area contributed by atoms with Crippen LogP contribution in [0.2, 0.25) is 0 Å². The van der Waals surface area contributed by atoms with Crippen LogP contribution in [0.3, 0.4) is 0 Å². The van der Waals surface area contributed by atoms with Crippen molar-refractivity contribution >= 4 is 11.9 Å². The van der Waals surface area contributed by atoms with E-state index in [9.17, 15) is 9.59 Å². The first-order chi connectivity index (χ1) is 8.02. The molecule has 4 nitrogen and oxygen atoms in total. The van der Waals surface area contributed by atoms with Gasteiger partial charge in [-0.2, -0.15) is 0 Å². The Hall–Kier alpha value is -1.32. The topological polar surface area (TPSA) is 52.6 Å². The lowest BCUT2D eigenvalue weighted by Gasteiger charge is -2.11. The number of carbonyl (C=O) groups excluding carboxylic acids is 2. The summed E-state index contributed by atoms with van der Waals surface area (Å²) in [7, 11) is 0. The van der Waals surface area contributed by atoms with E-state index in [1.807, 2.05) is 0 Å². The van der Waals surface area contributed by atoms with Crippen molar-refractivity contribution in [1.29, 1.82) is 0 Å². The van der Waals surface area contributed by atoms with Crippen LogP contribution < -0.4 is 0 Å². The molecule has 4 heteroatoms. The Morgan fingerprint density at radius 3 is 2.29 bits per heavy atom. The van der Waals surface area contributed by atoms with Gasteiger partial charge in [-0.05, 0) is 25.7 Å². The van der Waals surface area contributed by atoms with Crippen LogP contribution in [0.15, 0.2) is 12.7 Å². The zero-order chi connectivity index (χ0) is 13.3. The van der Waals surface area contributed by atoms with Crippen molar-refractivity contribution in [2.75, 3.05) is 13.2 Å². The van der Waals surface area contributed by atoms with E-state index < -0.39 is 17.9 Å². The lowest BCUT2D eigenvalue weighted by Crippen LogP contribution is -2.26. The minimum Gasteiger partial charge on any atom is -0.465 e. The van der Waals surface area contributed by atoms with Gasteiger partial charge in [-0.1, -0.05) is 19.9 Å². The SMILES string of the molecule is C=CC(C(=O)OCC)C(=O)OCCCC(C)C. The van der Waals surface area contributed by atoms with E-state index in [1.54, 1.807) is 6.92 Å². The summed E-state index contributed by atoms with van der Waals surface area (Å²) < 4.78 is 9.75. The number of rotatable bonds is 8. The van der Waals surface area contributed by atoms with Crippen LogP contribution in [0.25, 0.3) is 0 Å². The van der Waals surface area contributed by atoms with Crippen LogP contribution in [0.5, 0.6) is 0 Å². The Kier molecular flexibility index (Phi) is 8.11. The molecule has 0 saturated heterocycles. The van der Waals surface area contributed by atoms with E-state index in [4.69, 9.17) is 9.47 Å². The highest BCUT2D eigenvalue weighted by molar-refractivity contribution is 5.96. The predicted octanol–water partition coefficient (Wildman–Crippen LogP) is 2.33. The first-order valence-corrected chi connectivity index (χ1v) is 5.98. The molecular weight excluding hydrogens is 220 g/mol. The van der Waals surface area contributed by atoms with Gasteiger partial charge in [-0.25, -0.2) is 0 Å². The molecular formula is C13H22O4. The summed E-state index contributed by atoms with van der Waals surface area (Å²) in [4.78, 5) is 22.9. The van der Waals surface area contributed by atoms with Crippen molar-refractivity contribution in [2.24, 2.45) is 11.8 Å². The van der Waals surface area contributed by atoms with Gasteiger partial charge in [0.15, 0.2) is 5.92 Å². The summed E-state index contributed by atoms with van der Waals surface area (Å²) in [6, 6.07) is 0. The highest BCUT2D eigenvalue weighted by Crippen LogP contribution is 2.07. The third kappa shape index (κ3) is 6.76.